The zero-order valence-corrected chi connectivity index (χ0v) is 13.7. The highest BCUT2D eigenvalue weighted by Crippen LogP contribution is 2.20. The zero-order chi connectivity index (χ0) is 15.0. The van der Waals surface area contributed by atoms with Crippen molar-refractivity contribution < 1.29 is 0 Å². The fourth-order valence-corrected chi connectivity index (χ4v) is 2.06. The van der Waals surface area contributed by atoms with Gasteiger partial charge in [-0.1, -0.05) is 36.2 Å². The van der Waals surface area contributed by atoms with E-state index in [0.29, 0.717) is 16.6 Å². The minimum absolute atomic E-state index is 0.610. The highest BCUT2D eigenvalue weighted by molar-refractivity contribution is 6.35. The van der Waals surface area contributed by atoms with Crippen molar-refractivity contribution in [2.75, 3.05) is 33.7 Å². The van der Waals surface area contributed by atoms with E-state index in [0.717, 1.165) is 31.2 Å². The van der Waals surface area contributed by atoms with E-state index >= 15 is 0 Å². The first-order chi connectivity index (χ1) is 9.56. The van der Waals surface area contributed by atoms with Gasteiger partial charge in [-0.3, -0.25) is 4.99 Å². The highest BCUT2D eigenvalue weighted by Gasteiger charge is 2.03. The Kier molecular flexibility index (Phi) is 7.73. The van der Waals surface area contributed by atoms with Crippen LogP contribution in [-0.4, -0.2) is 44.6 Å². The minimum Gasteiger partial charge on any atom is -0.355 e. The summed E-state index contributed by atoms with van der Waals surface area (Å²) in [5, 5.41) is 7.80. The van der Waals surface area contributed by atoms with Gasteiger partial charge in [0.05, 0.1) is 0 Å². The number of nitrogens with one attached hydrogen (secondary N) is 2. The molecule has 0 saturated heterocycles. The van der Waals surface area contributed by atoms with Gasteiger partial charge in [-0.25, -0.2) is 0 Å². The summed E-state index contributed by atoms with van der Waals surface area (Å²) in [4.78, 5) is 6.41. The monoisotopic (exact) mass is 316 g/mol. The van der Waals surface area contributed by atoms with Gasteiger partial charge in [-0.15, -0.1) is 0 Å². The molecule has 0 amide bonds. The molecule has 0 heterocycles. The molecule has 2 N–H and O–H groups in total. The SMILES string of the molecule is CCN(C)CCNC(=NC)NCc1ccc(Cl)cc1Cl. The highest BCUT2D eigenvalue weighted by atomic mass is 35.5. The summed E-state index contributed by atoms with van der Waals surface area (Å²) in [5.41, 5.74) is 0.990. The van der Waals surface area contributed by atoms with Gasteiger partial charge < -0.3 is 15.5 Å². The largest absolute Gasteiger partial charge is 0.355 e. The van der Waals surface area contributed by atoms with Gasteiger partial charge in [0.1, 0.15) is 0 Å². The molecule has 0 unspecified atom stereocenters. The molecule has 0 aliphatic rings. The molecule has 0 fully saturated rings. The summed E-state index contributed by atoms with van der Waals surface area (Å²) in [6.45, 7) is 5.60. The Morgan fingerprint density at radius 1 is 1.30 bits per heavy atom. The van der Waals surface area contributed by atoms with Crippen LogP contribution in [0.15, 0.2) is 23.2 Å². The summed E-state index contributed by atoms with van der Waals surface area (Å²) >= 11 is 12.0. The van der Waals surface area contributed by atoms with Crippen molar-refractivity contribution in [2.45, 2.75) is 13.5 Å². The molecule has 0 aliphatic heterocycles. The minimum atomic E-state index is 0.610. The predicted molar refractivity (Wildman–Crippen MR) is 87.8 cm³/mol. The maximum Gasteiger partial charge on any atom is 0.191 e. The third-order valence-corrected chi connectivity index (χ3v) is 3.60. The van der Waals surface area contributed by atoms with Gasteiger partial charge >= 0.3 is 0 Å². The van der Waals surface area contributed by atoms with E-state index in [1.165, 1.54) is 0 Å². The summed E-state index contributed by atoms with van der Waals surface area (Å²) in [7, 11) is 3.84. The van der Waals surface area contributed by atoms with E-state index in [4.69, 9.17) is 23.2 Å². The van der Waals surface area contributed by atoms with Crippen LogP contribution < -0.4 is 10.6 Å². The number of halogens is 2. The molecule has 0 aliphatic carbocycles. The van der Waals surface area contributed by atoms with E-state index in [9.17, 15) is 0 Å². The molecule has 20 heavy (non-hydrogen) atoms. The maximum atomic E-state index is 6.13. The lowest BCUT2D eigenvalue weighted by Crippen LogP contribution is -2.40. The van der Waals surface area contributed by atoms with Gasteiger partial charge in [0.15, 0.2) is 5.96 Å². The molecule has 0 spiro atoms. The van der Waals surface area contributed by atoms with Crippen LogP contribution in [0.1, 0.15) is 12.5 Å². The molecular weight excluding hydrogens is 295 g/mol. The van der Waals surface area contributed by atoms with Crippen LogP contribution in [0.3, 0.4) is 0 Å². The van der Waals surface area contributed by atoms with E-state index < -0.39 is 0 Å². The Balaban J connectivity index is 2.41. The molecule has 1 rings (SSSR count). The number of rotatable bonds is 6. The molecule has 1 aromatic carbocycles. The first-order valence-electron chi connectivity index (χ1n) is 6.63. The Morgan fingerprint density at radius 3 is 2.65 bits per heavy atom. The third-order valence-electron chi connectivity index (χ3n) is 3.01. The van der Waals surface area contributed by atoms with Crippen molar-refractivity contribution in [1.29, 1.82) is 0 Å². The van der Waals surface area contributed by atoms with Gasteiger partial charge in [-0.05, 0) is 31.3 Å². The predicted octanol–water partition coefficient (Wildman–Crippen LogP) is 2.61. The second-order valence-corrected chi connectivity index (χ2v) is 5.33. The maximum absolute atomic E-state index is 6.13. The van der Waals surface area contributed by atoms with Crippen molar-refractivity contribution in [3.05, 3.63) is 33.8 Å². The number of likely N-dealkylation sites (N-methyl/N-ethyl adjacent to an activating group) is 1. The van der Waals surface area contributed by atoms with Crippen molar-refractivity contribution in [1.82, 2.24) is 15.5 Å². The summed E-state index contributed by atoms with van der Waals surface area (Å²) in [5.74, 6) is 0.764. The zero-order valence-electron chi connectivity index (χ0n) is 12.2. The van der Waals surface area contributed by atoms with Crippen LogP contribution in [0.25, 0.3) is 0 Å². The Hall–Kier alpha value is -0.970. The molecule has 112 valence electrons. The standard InChI is InChI=1S/C14H22Cl2N4/c1-4-20(3)8-7-18-14(17-2)19-10-11-5-6-12(15)9-13(11)16/h5-6,9H,4,7-8,10H2,1-3H3,(H2,17,18,19). The average molecular weight is 317 g/mol. The first-order valence-corrected chi connectivity index (χ1v) is 7.39. The molecule has 4 nitrogen and oxygen atoms in total. The van der Waals surface area contributed by atoms with E-state index in [1.807, 2.05) is 12.1 Å². The van der Waals surface area contributed by atoms with Crippen molar-refractivity contribution in [3.63, 3.8) is 0 Å². The number of benzene rings is 1. The number of hydrogen-bond acceptors (Lipinski definition) is 2. The Bertz CT molecular complexity index is 449. The van der Waals surface area contributed by atoms with Crippen LogP contribution in [-0.2, 0) is 6.54 Å². The van der Waals surface area contributed by atoms with Crippen LogP contribution in [0.5, 0.6) is 0 Å². The smallest absolute Gasteiger partial charge is 0.191 e. The Morgan fingerprint density at radius 2 is 2.05 bits per heavy atom. The second kappa shape index (κ2) is 9.06. The molecule has 0 aromatic heterocycles. The molecule has 0 bridgehead atoms. The van der Waals surface area contributed by atoms with Gasteiger partial charge in [0.25, 0.3) is 0 Å². The summed E-state index contributed by atoms with van der Waals surface area (Å²) in [6, 6.07) is 5.49. The fourth-order valence-electron chi connectivity index (χ4n) is 1.59. The van der Waals surface area contributed by atoms with Crippen molar-refractivity contribution >= 4 is 29.2 Å². The molecule has 0 atom stereocenters. The number of aliphatic imine (C=N–C) groups is 1. The van der Waals surface area contributed by atoms with Crippen LogP contribution in [0.2, 0.25) is 10.0 Å². The molecule has 1 aromatic rings. The lowest BCUT2D eigenvalue weighted by molar-refractivity contribution is 0.357. The van der Waals surface area contributed by atoms with Gasteiger partial charge in [0, 0.05) is 36.7 Å². The van der Waals surface area contributed by atoms with Crippen molar-refractivity contribution in [2.24, 2.45) is 4.99 Å². The summed E-state index contributed by atoms with van der Waals surface area (Å²) in [6.07, 6.45) is 0. The van der Waals surface area contributed by atoms with Gasteiger partial charge in [-0.2, -0.15) is 0 Å². The molecular formula is C14H22Cl2N4. The number of guanidine groups is 1. The topological polar surface area (TPSA) is 39.7 Å². The van der Waals surface area contributed by atoms with Gasteiger partial charge in [0.2, 0.25) is 0 Å². The molecule has 0 radical (unpaired) electrons. The van der Waals surface area contributed by atoms with E-state index in [-0.39, 0.29) is 0 Å². The quantitative estimate of drug-likeness (QED) is 0.626. The van der Waals surface area contributed by atoms with E-state index in [1.54, 1.807) is 13.1 Å². The number of hydrogen-bond donors (Lipinski definition) is 2. The van der Waals surface area contributed by atoms with Crippen molar-refractivity contribution in [3.8, 4) is 0 Å². The van der Waals surface area contributed by atoms with E-state index in [2.05, 4.69) is 34.5 Å². The van der Waals surface area contributed by atoms with Crippen LogP contribution in [0.4, 0.5) is 0 Å². The molecule has 6 heteroatoms. The lowest BCUT2D eigenvalue weighted by atomic mass is 10.2. The summed E-state index contributed by atoms with van der Waals surface area (Å²) < 4.78 is 0. The Labute approximate surface area is 131 Å². The second-order valence-electron chi connectivity index (χ2n) is 4.48. The lowest BCUT2D eigenvalue weighted by Gasteiger charge is -2.16. The average Bonchev–Trinajstić information content (AvgIpc) is 2.43. The first kappa shape index (κ1) is 17.1. The van der Waals surface area contributed by atoms with Crippen LogP contribution in [0, 0.1) is 0 Å². The van der Waals surface area contributed by atoms with Crippen LogP contribution >= 0.6 is 23.2 Å². The fraction of sp³-hybridized carbons (Fsp3) is 0.500. The third kappa shape index (κ3) is 5.99. The molecule has 0 saturated carbocycles. The number of nitrogens with zero attached hydrogens (tertiary/aromatic N) is 2. The normalized spacial score (nSPS) is 11.8.